The first-order chi connectivity index (χ1) is 15.4. The molecule has 0 saturated carbocycles. The van der Waals surface area contributed by atoms with Crippen molar-refractivity contribution in [3.05, 3.63) is 83.4 Å². The number of hydrogen-bond donors (Lipinski definition) is 3. The molecule has 3 rings (SSSR count). The van der Waals surface area contributed by atoms with Gasteiger partial charge in [0.1, 0.15) is 34.6 Å². The Morgan fingerprint density at radius 3 is 0.941 bits per heavy atom. The van der Waals surface area contributed by atoms with E-state index in [1.807, 2.05) is 20.8 Å². The van der Waals surface area contributed by atoms with E-state index in [1.54, 1.807) is 20.8 Å². The summed E-state index contributed by atoms with van der Waals surface area (Å²) in [5.41, 5.74) is -1.11. The summed E-state index contributed by atoms with van der Waals surface area (Å²) in [4.78, 5) is 32.7. The molecule has 0 fully saturated rings. The van der Waals surface area contributed by atoms with Gasteiger partial charge in [-0.15, -0.1) is 0 Å². The Bertz CT molecular complexity index is 1100. The Morgan fingerprint density at radius 1 is 0.559 bits per heavy atom. The molecule has 0 amide bonds. The van der Waals surface area contributed by atoms with Crippen molar-refractivity contribution < 1.29 is 45.6 Å². The fraction of sp³-hybridized carbons (Fsp3) is 0.375. The first kappa shape index (κ1) is 30.8. The molecule has 0 bridgehead atoms. The first-order valence-corrected chi connectivity index (χ1v) is 10.4. The molecule has 0 aliphatic carbocycles. The number of hydrogen-bond acceptors (Lipinski definition) is 9. The molecular formula is C24H30FeO9. The maximum Gasteiger partial charge on any atom is 0.227 e. The molecule has 188 valence electrons. The van der Waals surface area contributed by atoms with E-state index in [4.69, 9.17) is 28.6 Å². The second kappa shape index (κ2) is 14.1. The summed E-state index contributed by atoms with van der Waals surface area (Å²) in [7, 11) is 0. The maximum atomic E-state index is 10.9. The van der Waals surface area contributed by atoms with Crippen LogP contribution in [0, 0.1) is 20.8 Å². The SMILES string of the molecule is CCc1oc(C)cc(=O)c1O.CCc1oc(C)cc(=O)c1O.CCc1oc(C)cc(=O)c1O.[Fe]. The quantitative estimate of drug-likeness (QED) is 0.442. The summed E-state index contributed by atoms with van der Waals surface area (Å²) in [5, 5.41) is 27.3. The number of rotatable bonds is 3. The topological polar surface area (TPSA) is 151 Å². The van der Waals surface area contributed by atoms with E-state index in [0.29, 0.717) is 53.8 Å². The summed E-state index contributed by atoms with van der Waals surface area (Å²) >= 11 is 0. The van der Waals surface area contributed by atoms with Crippen LogP contribution in [0.5, 0.6) is 17.2 Å². The molecule has 0 unspecified atom stereocenters. The third-order valence-corrected chi connectivity index (χ3v) is 4.31. The third-order valence-electron chi connectivity index (χ3n) is 4.31. The molecule has 0 atom stereocenters. The van der Waals surface area contributed by atoms with Crippen molar-refractivity contribution >= 4 is 0 Å². The fourth-order valence-corrected chi connectivity index (χ4v) is 2.71. The van der Waals surface area contributed by atoms with Crippen LogP contribution in [0.15, 0.2) is 45.8 Å². The van der Waals surface area contributed by atoms with Gasteiger partial charge in [-0.2, -0.15) is 0 Å². The van der Waals surface area contributed by atoms with E-state index in [1.165, 1.54) is 18.2 Å². The summed E-state index contributed by atoms with van der Waals surface area (Å²) in [6.07, 6.45) is 1.59. The standard InChI is InChI=1S/3C8H10O3.Fe/c3*1-3-7-8(10)6(9)4-5(2)11-7;/h3*4,10H,3H2,1-2H3;. The molecule has 0 aliphatic heterocycles. The summed E-state index contributed by atoms with van der Waals surface area (Å²) < 4.78 is 15.3. The van der Waals surface area contributed by atoms with Crippen LogP contribution in [-0.2, 0) is 36.3 Å². The van der Waals surface area contributed by atoms with Crippen LogP contribution in [0.25, 0.3) is 0 Å². The van der Waals surface area contributed by atoms with Gasteiger partial charge < -0.3 is 28.6 Å². The Morgan fingerprint density at radius 2 is 0.765 bits per heavy atom. The minimum Gasteiger partial charge on any atom is -0.502 e. The van der Waals surface area contributed by atoms with Crippen LogP contribution in [0.1, 0.15) is 55.3 Å². The van der Waals surface area contributed by atoms with Gasteiger partial charge in [0, 0.05) is 54.5 Å². The van der Waals surface area contributed by atoms with Crippen molar-refractivity contribution in [2.45, 2.75) is 60.8 Å². The molecular weight excluding hydrogens is 488 g/mol. The molecule has 0 spiro atoms. The average Bonchev–Trinajstić information content (AvgIpc) is 2.76. The van der Waals surface area contributed by atoms with Crippen molar-refractivity contribution in [3.8, 4) is 17.2 Å². The molecule has 34 heavy (non-hydrogen) atoms. The zero-order valence-corrected chi connectivity index (χ0v) is 21.1. The minimum absolute atomic E-state index is 0. The fourth-order valence-electron chi connectivity index (χ4n) is 2.71. The van der Waals surface area contributed by atoms with Gasteiger partial charge in [0.05, 0.1) is 0 Å². The molecule has 10 heteroatoms. The molecule has 3 N–H and O–H groups in total. The monoisotopic (exact) mass is 518 g/mol. The molecule has 0 radical (unpaired) electrons. The van der Waals surface area contributed by atoms with Crippen LogP contribution in [0.3, 0.4) is 0 Å². The Balaban J connectivity index is 0.000000473. The predicted molar refractivity (Wildman–Crippen MR) is 122 cm³/mol. The molecule has 3 heterocycles. The van der Waals surface area contributed by atoms with Gasteiger partial charge in [-0.25, -0.2) is 0 Å². The summed E-state index contributed by atoms with van der Waals surface area (Å²) in [6, 6.07) is 3.82. The van der Waals surface area contributed by atoms with E-state index >= 15 is 0 Å². The van der Waals surface area contributed by atoms with Gasteiger partial charge in [-0.05, 0) is 20.8 Å². The van der Waals surface area contributed by atoms with Crippen molar-refractivity contribution in [1.82, 2.24) is 0 Å². The van der Waals surface area contributed by atoms with Crippen molar-refractivity contribution in [3.63, 3.8) is 0 Å². The van der Waals surface area contributed by atoms with E-state index in [2.05, 4.69) is 0 Å². The number of aryl methyl sites for hydroxylation is 6. The molecule has 0 aliphatic rings. The second-order valence-corrected chi connectivity index (χ2v) is 7.04. The van der Waals surface area contributed by atoms with E-state index < -0.39 is 0 Å². The van der Waals surface area contributed by atoms with Gasteiger partial charge in [0.15, 0.2) is 0 Å². The smallest absolute Gasteiger partial charge is 0.227 e. The first-order valence-electron chi connectivity index (χ1n) is 10.4. The van der Waals surface area contributed by atoms with E-state index in [0.717, 1.165) is 0 Å². The normalized spacial score (nSPS) is 9.71. The van der Waals surface area contributed by atoms with Gasteiger partial charge in [-0.1, -0.05) is 20.8 Å². The molecule has 3 aromatic heterocycles. The number of aromatic hydroxyl groups is 3. The summed E-state index contributed by atoms with van der Waals surface area (Å²) in [6.45, 7) is 10.5. The van der Waals surface area contributed by atoms with Crippen LogP contribution in [-0.4, -0.2) is 15.3 Å². The molecule has 9 nitrogen and oxygen atoms in total. The van der Waals surface area contributed by atoms with Gasteiger partial charge in [0.25, 0.3) is 0 Å². The predicted octanol–water partition coefficient (Wildman–Crippen LogP) is 3.65. The van der Waals surface area contributed by atoms with Crippen LogP contribution in [0.4, 0.5) is 0 Å². The van der Waals surface area contributed by atoms with E-state index in [-0.39, 0.29) is 50.6 Å². The Labute approximate surface area is 207 Å². The van der Waals surface area contributed by atoms with Crippen LogP contribution in [0.2, 0.25) is 0 Å². The Hall–Kier alpha value is -3.23. The zero-order valence-electron chi connectivity index (χ0n) is 20.0. The van der Waals surface area contributed by atoms with E-state index in [9.17, 15) is 14.4 Å². The molecule has 3 aromatic rings. The van der Waals surface area contributed by atoms with Crippen molar-refractivity contribution in [2.24, 2.45) is 0 Å². The minimum atomic E-state index is -0.370. The average molecular weight is 518 g/mol. The second-order valence-electron chi connectivity index (χ2n) is 7.04. The van der Waals surface area contributed by atoms with Gasteiger partial charge in [0.2, 0.25) is 33.5 Å². The van der Waals surface area contributed by atoms with Crippen molar-refractivity contribution in [2.75, 3.05) is 0 Å². The van der Waals surface area contributed by atoms with Crippen molar-refractivity contribution in [1.29, 1.82) is 0 Å². The van der Waals surface area contributed by atoms with Gasteiger partial charge in [-0.3, -0.25) is 14.4 Å². The largest absolute Gasteiger partial charge is 0.502 e. The van der Waals surface area contributed by atoms with Crippen LogP contribution >= 0.6 is 0 Å². The molecule has 0 saturated heterocycles. The third kappa shape index (κ3) is 8.61. The maximum absolute atomic E-state index is 10.9. The Kier molecular flexibility index (Phi) is 12.8. The summed E-state index contributed by atoms with van der Waals surface area (Å²) in [5.74, 6) is 1.87. The van der Waals surface area contributed by atoms with Crippen LogP contribution < -0.4 is 16.3 Å². The zero-order chi connectivity index (χ0) is 25.3. The van der Waals surface area contributed by atoms with Gasteiger partial charge >= 0.3 is 0 Å². The molecule has 0 aromatic carbocycles.